The molecular weight excluding hydrogens is 508 g/mol. The molecule has 2 aromatic rings. The van der Waals surface area contributed by atoms with Gasteiger partial charge in [0.2, 0.25) is 16.3 Å². The molecule has 9 nitrogen and oxygen atoms in total. The van der Waals surface area contributed by atoms with Crippen molar-refractivity contribution in [2.75, 3.05) is 33.4 Å². The lowest BCUT2D eigenvalue weighted by molar-refractivity contribution is -0.146. The Hall–Kier alpha value is -2.92. The lowest BCUT2D eigenvalue weighted by Gasteiger charge is -2.30. The molecule has 1 aliphatic carbocycles. The smallest absolute Gasteiger partial charge is 0.286 e. The van der Waals surface area contributed by atoms with E-state index < -0.39 is 16.3 Å². The summed E-state index contributed by atoms with van der Waals surface area (Å²) in [4.78, 5) is 13.1. The zero-order valence-electron chi connectivity index (χ0n) is 21.6. The Labute approximate surface area is 224 Å². The summed E-state index contributed by atoms with van der Waals surface area (Å²) in [5.74, 6) is 0.426. The number of aliphatic hydroxyl groups excluding tert-OH is 1. The first-order valence-corrected chi connectivity index (χ1v) is 14.5. The molecule has 2 aromatic carbocycles. The Kier molecular flexibility index (Phi) is 9.79. The second-order valence-electron chi connectivity index (χ2n) is 9.46. The van der Waals surface area contributed by atoms with Gasteiger partial charge in [0.15, 0.2) is 5.76 Å². The second-order valence-corrected chi connectivity index (χ2v) is 11.4. The standard InChI is InChI=1S/C28H36N2O7S/c1-35-24-11-13-25(14-12-24)38(33,34)30(15-17-31)16-18-36-27-20-22(21-7-3-2-4-8-21)19-26(37-27)28(32)29-23-9-5-6-10-23/h2-4,7-8,11-14,19,22-23,27,31H,5-6,9-10,15-18,20H2,1H3,(H,29,32)/t22-,27+/m1/s1. The minimum atomic E-state index is -3.86. The molecule has 38 heavy (non-hydrogen) atoms. The molecule has 2 aliphatic rings. The van der Waals surface area contributed by atoms with Gasteiger partial charge in [0.1, 0.15) is 5.75 Å². The summed E-state index contributed by atoms with van der Waals surface area (Å²) in [6, 6.07) is 16.1. The zero-order chi connectivity index (χ0) is 27.0. The number of aliphatic hydroxyl groups is 1. The van der Waals surface area contributed by atoms with E-state index in [1.54, 1.807) is 12.1 Å². The average Bonchev–Trinajstić information content (AvgIpc) is 3.46. The maximum Gasteiger partial charge on any atom is 0.286 e. The number of hydrogen-bond donors (Lipinski definition) is 2. The van der Waals surface area contributed by atoms with Gasteiger partial charge in [-0.2, -0.15) is 4.31 Å². The maximum absolute atomic E-state index is 13.2. The molecule has 1 fully saturated rings. The van der Waals surface area contributed by atoms with Gasteiger partial charge in [0, 0.05) is 31.5 Å². The van der Waals surface area contributed by atoms with E-state index in [2.05, 4.69) is 5.32 Å². The van der Waals surface area contributed by atoms with Gasteiger partial charge < -0.3 is 24.6 Å². The molecule has 1 aliphatic heterocycles. The molecule has 1 amide bonds. The number of methoxy groups -OCH3 is 1. The fourth-order valence-electron chi connectivity index (χ4n) is 4.82. The molecular formula is C28H36N2O7S. The molecule has 1 saturated carbocycles. The number of carbonyl (C=O) groups excluding carboxylic acids is 1. The van der Waals surface area contributed by atoms with Crippen molar-refractivity contribution in [1.82, 2.24) is 9.62 Å². The first kappa shape index (κ1) is 28.1. The van der Waals surface area contributed by atoms with Gasteiger partial charge in [-0.15, -0.1) is 0 Å². The predicted molar refractivity (Wildman–Crippen MR) is 142 cm³/mol. The van der Waals surface area contributed by atoms with Crippen molar-refractivity contribution in [3.05, 3.63) is 72.0 Å². The second kappa shape index (κ2) is 13.2. The van der Waals surface area contributed by atoms with Crippen LogP contribution in [0.15, 0.2) is 71.3 Å². The highest BCUT2D eigenvalue weighted by Gasteiger charge is 2.31. The molecule has 0 spiro atoms. The number of benzene rings is 2. The van der Waals surface area contributed by atoms with E-state index >= 15 is 0 Å². The Morgan fingerprint density at radius 2 is 1.79 bits per heavy atom. The first-order valence-electron chi connectivity index (χ1n) is 13.0. The van der Waals surface area contributed by atoms with Gasteiger partial charge in [-0.3, -0.25) is 4.79 Å². The third-order valence-electron chi connectivity index (χ3n) is 6.89. The summed E-state index contributed by atoms with van der Waals surface area (Å²) in [6.07, 6.45) is 5.73. The fraction of sp³-hybridized carbons (Fsp3) is 0.464. The predicted octanol–water partition coefficient (Wildman–Crippen LogP) is 3.17. The van der Waals surface area contributed by atoms with E-state index in [-0.39, 0.29) is 54.8 Å². The van der Waals surface area contributed by atoms with E-state index in [1.165, 1.54) is 23.5 Å². The van der Waals surface area contributed by atoms with Crippen molar-refractivity contribution < 1.29 is 32.5 Å². The number of ether oxygens (including phenoxy) is 3. The quantitative estimate of drug-likeness (QED) is 0.422. The summed E-state index contributed by atoms with van der Waals surface area (Å²) in [6.45, 7) is -0.373. The summed E-state index contributed by atoms with van der Waals surface area (Å²) >= 11 is 0. The van der Waals surface area contributed by atoms with Crippen LogP contribution in [-0.4, -0.2) is 69.5 Å². The molecule has 10 heteroatoms. The van der Waals surface area contributed by atoms with Crippen molar-refractivity contribution in [3.63, 3.8) is 0 Å². The SMILES string of the molecule is COc1ccc(S(=O)(=O)N(CCO)CCO[C@@H]2C[C@H](c3ccccc3)C=C(C(=O)NC3CCCC3)O2)cc1. The van der Waals surface area contributed by atoms with Crippen LogP contribution >= 0.6 is 0 Å². The monoisotopic (exact) mass is 544 g/mol. The van der Waals surface area contributed by atoms with Crippen LogP contribution in [-0.2, 0) is 24.3 Å². The Morgan fingerprint density at radius 1 is 1.08 bits per heavy atom. The van der Waals surface area contributed by atoms with Crippen LogP contribution in [0.25, 0.3) is 0 Å². The number of carbonyl (C=O) groups is 1. The summed E-state index contributed by atoms with van der Waals surface area (Å²) in [5.41, 5.74) is 1.04. The fourth-order valence-corrected chi connectivity index (χ4v) is 6.24. The largest absolute Gasteiger partial charge is 0.497 e. The minimum absolute atomic E-state index is 0.0120. The van der Waals surface area contributed by atoms with Crippen LogP contribution in [0.5, 0.6) is 5.75 Å². The third-order valence-corrected chi connectivity index (χ3v) is 8.80. The number of rotatable bonds is 12. The Balaban J connectivity index is 1.42. The van der Waals surface area contributed by atoms with Crippen LogP contribution in [0.1, 0.15) is 43.6 Å². The normalized spacial score (nSPS) is 20.1. The Morgan fingerprint density at radius 3 is 2.45 bits per heavy atom. The lowest BCUT2D eigenvalue weighted by atomic mass is 9.93. The average molecular weight is 545 g/mol. The third kappa shape index (κ3) is 7.13. The molecule has 0 unspecified atom stereocenters. The van der Waals surface area contributed by atoms with E-state index in [1.807, 2.05) is 36.4 Å². The zero-order valence-corrected chi connectivity index (χ0v) is 22.4. The number of nitrogens with one attached hydrogen (secondary N) is 1. The minimum Gasteiger partial charge on any atom is -0.497 e. The van der Waals surface area contributed by atoms with Gasteiger partial charge in [-0.25, -0.2) is 8.42 Å². The van der Waals surface area contributed by atoms with Crippen molar-refractivity contribution >= 4 is 15.9 Å². The summed E-state index contributed by atoms with van der Waals surface area (Å²) in [7, 11) is -2.35. The molecule has 0 bridgehead atoms. The van der Waals surface area contributed by atoms with Crippen molar-refractivity contribution in [2.24, 2.45) is 0 Å². The molecule has 0 radical (unpaired) electrons. The number of allylic oxidation sites excluding steroid dienone is 1. The maximum atomic E-state index is 13.2. The number of nitrogens with zero attached hydrogens (tertiary/aromatic N) is 1. The summed E-state index contributed by atoms with van der Waals surface area (Å²) < 4.78 is 44.6. The van der Waals surface area contributed by atoms with Crippen molar-refractivity contribution in [3.8, 4) is 5.75 Å². The van der Waals surface area contributed by atoms with Gasteiger partial charge >= 0.3 is 0 Å². The van der Waals surface area contributed by atoms with Gasteiger partial charge in [-0.05, 0) is 48.7 Å². The topological polar surface area (TPSA) is 114 Å². The summed E-state index contributed by atoms with van der Waals surface area (Å²) in [5, 5.41) is 12.6. The van der Waals surface area contributed by atoms with Crippen molar-refractivity contribution in [2.45, 2.75) is 55.2 Å². The number of sulfonamides is 1. The van der Waals surface area contributed by atoms with Crippen LogP contribution in [0.3, 0.4) is 0 Å². The Bertz CT molecular complexity index is 1180. The molecule has 0 saturated heterocycles. The van der Waals surface area contributed by atoms with Gasteiger partial charge in [0.25, 0.3) is 5.91 Å². The van der Waals surface area contributed by atoms with Gasteiger partial charge in [0.05, 0.1) is 25.2 Å². The van der Waals surface area contributed by atoms with Crippen LogP contribution in [0.2, 0.25) is 0 Å². The van der Waals surface area contributed by atoms with E-state index in [4.69, 9.17) is 14.2 Å². The highest BCUT2D eigenvalue weighted by Crippen LogP contribution is 2.32. The molecule has 2 atom stereocenters. The molecule has 2 N–H and O–H groups in total. The highest BCUT2D eigenvalue weighted by molar-refractivity contribution is 7.89. The van der Waals surface area contributed by atoms with Gasteiger partial charge in [-0.1, -0.05) is 43.2 Å². The van der Waals surface area contributed by atoms with Crippen LogP contribution in [0, 0.1) is 0 Å². The van der Waals surface area contributed by atoms with E-state index in [9.17, 15) is 18.3 Å². The van der Waals surface area contributed by atoms with Crippen LogP contribution in [0.4, 0.5) is 0 Å². The van der Waals surface area contributed by atoms with E-state index in [0.29, 0.717) is 12.2 Å². The lowest BCUT2D eigenvalue weighted by Crippen LogP contribution is -2.39. The molecule has 4 rings (SSSR count). The molecule has 1 heterocycles. The van der Waals surface area contributed by atoms with Crippen LogP contribution < -0.4 is 10.1 Å². The first-order chi connectivity index (χ1) is 18.4. The number of amides is 1. The van der Waals surface area contributed by atoms with Crippen molar-refractivity contribution in [1.29, 1.82) is 0 Å². The highest BCUT2D eigenvalue weighted by atomic mass is 32.2. The van der Waals surface area contributed by atoms with E-state index in [0.717, 1.165) is 31.2 Å². The molecule has 206 valence electrons. The molecule has 0 aromatic heterocycles. The number of hydrogen-bond acceptors (Lipinski definition) is 7.